The van der Waals surface area contributed by atoms with E-state index in [0.29, 0.717) is 11.6 Å². The lowest BCUT2D eigenvalue weighted by Crippen LogP contribution is -2.04. The van der Waals surface area contributed by atoms with Crippen molar-refractivity contribution in [3.63, 3.8) is 0 Å². The minimum Gasteiger partial charge on any atom is -0.393 e. The van der Waals surface area contributed by atoms with Crippen molar-refractivity contribution in [1.29, 1.82) is 0 Å². The highest BCUT2D eigenvalue weighted by molar-refractivity contribution is 6.09. The Balaban J connectivity index is 1.92. The summed E-state index contributed by atoms with van der Waals surface area (Å²) in [5.41, 5.74) is 0.248. The number of alkyl halides is 2. The van der Waals surface area contributed by atoms with Gasteiger partial charge in [0.05, 0.1) is 0 Å². The summed E-state index contributed by atoms with van der Waals surface area (Å²) in [6, 6.07) is 13.8. The van der Waals surface area contributed by atoms with Crippen molar-refractivity contribution in [3.05, 3.63) is 89.6 Å². The smallest absolute Gasteiger partial charge is 0.390 e. The lowest BCUT2D eigenvalue weighted by Gasteiger charge is -2.07. The normalized spacial score (nSPS) is 11.9. The quantitative estimate of drug-likeness (QED) is 0.171. The third kappa shape index (κ3) is 4.20. The lowest BCUT2D eigenvalue weighted by molar-refractivity contribution is -0.0688. The van der Waals surface area contributed by atoms with E-state index in [1.54, 1.807) is 30.3 Å². The first kappa shape index (κ1) is 21.2. The Morgan fingerprint density at radius 3 is 2.44 bits per heavy atom. The van der Waals surface area contributed by atoms with Crippen molar-refractivity contribution in [2.24, 2.45) is 4.99 Å². The molecule has 2 heterocycles. The van der Waals surface area contributed by atoms with Gasteiger partial charge in [-0.1, -0.05) is 30.3 Å². The van der Waals surface area contributed by atoms with Gasteiger partial charge in [-0.05, 0) is 24.3 Å². The highest BCUT2D eigenvalue weighted by Gasteiger charge is 2.21. The van der Waals surface area contributed by atoms with Crippen LogP contribution in [0.1, 0.15) is 15.9 Å². The summed E-state index contributed by atoms with van der Waals surface area (Å²) in [6.45, 7) is -3.48. The zero-order valence-corrected chi connectivity index (χ0v) is 16.0. The number of fused-ring (bicyclic) bond motifs is 1. The Hall–Kier alpha value is -4.08. The number of carbonyl (C=O) groups is 1. The average molecular weight is 445 g/mol. The SMILES string of the molecule is O=C(c1ccccc1)c1ccc2nc(/N=C(/F)OC(F)F)c(-c3ccc(F)cc3F)n2c1. The number of imidazole rings is 1. The van der Waals surface area contributed by atoms with Crippen molar-refractivity contribution in [2.45, 2.75) is 6.61 Å². The predicted molar refractivity (Wildman–Crippen MR) is 106 cm³/mol. The first-order chi connectivity index (χ1) is 15.3. The van der Waals surface area contributed by atoms with Gasteiger partial charge in [-0.25, -0.2) is 13.8 Å². The molecule has 0 spiro atoms. The number of hydrogen-bond acceptors (Lipinski definition) is 4. The lowest BCUT2D eigenvalue weighted by atomic mass is 10.1. The van der Waals surface area contributed by atoms with Crippen LogP contribution in [-0.2, 0) is 4.74 Å². The van der Waals surface area contributed by atoms with Crippen molar-refractivity contribution in [2.75, 3.05) is 0 Å². The van der Waals surface area contributed by atoms with Crippen LogP contribution in [0.2, 0.25) is 0 Å². The summed E-state index contributed by atoms with van der Waals surface area (Å²) in [5, 5.41) is 0. The molecule has 0 atom stereocenters. The van der Waals surface area contributed by atoms with Crippen LogP contribution in [0.25, 0.3) is 16.9 Å². The minimum atomic E-state index is -3.48. The van der Waals surface area contributed by atoms with Crippen LogP contribution in [0.5, 0.6) is 0 Å². The van der Waals surface area contributed by atoms with E-state index < -0.39 is 30.2 Å². The van der Waals surface area contributed by atoms with Crippen LogP contribution >= 0.6 is 0 Å². The van der Waals surface area contributed by atoms with Crippen molar-refractivity contribution >= 4 is 23.4 Å². The maximum Gasteiger partial charge on any atom is 0.390 e. The number of halogens is 5. The molecular weight excluding hydrogens is 433 g/mol. The second-order valence-corrected chi connectivity index (χ2v) is 6.49. The van der Waals surface area contributed by atoms with E-state index in [0.717, 1.165) is 12.1 Å². The molecular formula is C22H12F5N3O2. The Bertz CT molecular complexity index is 1340. The molecule has 2 aromatic heterocycles. The Labute approximate surface area is 177 Å². The standard InChI is InChI=1S/C22H12F5N3O2/c23-14-7-8-15(16(24)10-14)18-20(29-22(27)32-21(25)26)28-17-9-6-13(11-30(17)18)19(31)12-4-2-1-3-5-12/h1-11,21H/b29-22-. The number of aromatic nitrogens is 2. The summed E-state index contributed by atoms with van der Waals surface area (Å²) < 4.78 is 71.2. The van der Waals surface area contributed by atoms with Gasteiger partial charge in [-0.15, -0.1) is 4.39 Å². The highest BCUT2D eigenvalue weighted by Crippen LogP contribution is 2.34. The van der Waals surface area contributed by atoms with Crippen LogP contribution in [0.3, 0.4) is 0 Å². The molecule has 0 aliphatic heterocycles. The molecule has 5 nitrogen and oxygen atoms in total. The molecule has 4 aromatic rings. The molecule has 32 heavy (non-hydrogen) atoms. The summed E-state index contributed by atoms with van der Waals surface area (Å²) >= 11 is 0. The maximum absolute atomic E-state index is 14.6. The van der Waals surface area contributed by atoms with Crippen LogP contribution in [0.4, 0.5) is 27.8 Å². The van der Waals surface area contributed by atoms with E-state index in [-0.39, 0.29) is 28.3 Å². The fraction of sp³-hybridized carbons (Fsp3) is 0.0455. The van der Waals surface area contributed by atoms with Gasteiger partial charge < -0.3 is 4.74 Å². The number of ketones is 1. The Morgan fingerprint density at radius 1 is 1.00 bits per heavy atom. The van der Waals surface area contributed by atoms with E-state index in [1.165, 1.54) is 22.7 Å². The number of ether oxygens (including phenoxy) is 1. The van der Waals surface area contributed by atoms with Gasteiger partial charge in [-0.3, -0.25) is 9.20 Å². The zero-order chi connectivity index (χ0) is 22.8. The van der Waals surface area contributed by atoms with Crippen molar-refractivity contribution in [1.82, 2.24) is 9.38 Å². The number of pyridine rings is 1. The second-order valence-electron chi connectivity index (χ2n) is 6.49. The fourth-order valence-corrected chi connectivity index (χ4v) is 3.12. The van der Waals surface area contributed by atoms with E-state index >= 15 is 0 Å². The number of benzene rings is 2. The molecule has 0 radical (unpaired) electrons. The van der Waals surface area contributed by atoms with E-state index in [1.807, 2.05) is 0 Å². The largest absolute Gasteiger partial charge is 0.393 e. The van der Waals surface area contributed by atoms with E-state index in [2.05, 4.69) is 14.7 Å². The first-order valence-corrected chi connectivity index (χ1v) is 9.10. The average Bonchev–Trinajstić information content (AvgIpc) is 3.10. The number of nitrogens with zero attached hydrogens (tertiary/aromatic N) is 3. The number of hydrogen-bond donors (Lipinski definition) is 0. The van der Waals surface area contributed by atoms with Gasteiger partial charge in [0.25, 0.3) is 0 Å². The molecule has 0 fully saturated rings. The molecule has 0 aliphatic carbocycles. The van der Waals surface area contributed by atoms with Gasteiger partial charge in [0, 0.05) is 29.0 Å². The molecule has 4 rings (SSSR count). The van der Waals surface area contributed by atoms with Gasteiger partial charge in [0.2, 0.25) is 0 Å². The molecule has 0 bridgehead atoms. The molecule has 0 saturated carbocycles. The highest BCUT2D eigenvalue weighted by atomic mass is 19.3. The summed E-state index contributed by atoms with van der Waals surface area (Å²) in [6.07, 6.45) is -0.575. The van der Waals surface area contributed by atoms with Crippen LogP contribution in [0.15, 0.2) is 71.9 Å². The van der Waals surface area contributed by atoms with Crippen molar-refractivity contribution < 1.29 is 31.5 Å². The maximum atomic E-state index is 14.6. The number of rotatable bonds is 5. The van der Waals surface area contributed by atoms with E-state index in [4.69, 9.17) is 0 Å². The molecule has 0 amide bonds. The summed E-state index contributed by atoms with van der Waals surface area (Å²) in [4.78, 5) is 20.1. The second kappa shape index (κ2) is 8.58. The molecule has 0 N–H and O–H groups in total. The van der Waals surface area contributed by atoms with Crippen molar-refractivity contribution in [3.8, 4) is 11.3 Å². The number of aliphatic imine (C=N–C) groups is 1. The Kier molecular flexibility index (Phi) is 5.67. The Morgan fingerprint density at radius 2 is 1.75 bits per heavy atom. The summed E-state index contributed by atoms with van der Waals surface area (Å²) in [7, 11) is 0. The molecule has 10 heteroatoms. The van der Waals surface area contributed by atoms with Gasteiger partial charge in [-0.2, -0.15) is 13.8 Å². The molecule has 0 unspecified atom stereocenters. The van der Waals surface area contributed by atoms with Crippen LogP contribution in [0, 0.1) is 11.6 Å². The van der Waals surface area contributed by atoms with Crippen LogP contribution in [-0.4, -0.2) is 27.9 Å². The third-order valence-corrected chi connectivity index (χ3v) is 4.46. The van der Waals surface area contributed by atoms with E-state index in [9.17, 15) is 26.7 Å². The summed E-state index contributed by atoms with van der Waals surface area (Å²) in [5.74, 6) is -2.75. The predicted octanol–water partition coefficient (Wildman–Crippen LogP) is 5.71. The fourth-order valence-electron chi connectivity index (χ4n) is 3.12. The molecule has 0 saturated heterocycles. The third-order valence-electron chi connectivity index (χ3n) is 4.46. The van der Waals surface area contributed by atoms with Gasteiger partial charge in [0.1, 0.15) is 23.0 Å². The molecule has 0 aliphatic rings. The van der Waals surface area contributed by atoms with Crippen LogP contribution < -0.4 is 0 Å². The molecule has 162 valence electrons. The first-order valence-electron chi connectivity index (χ1n) is 9.10. The zero-order valence-electron chi connectivity index (χ0n) is 16.0. The topological polar surface area (TPSA) is 56.0 Å². The van der Waals surface area contributed by atoms with Gasteiger partial charge in [0.15, 0.2) is 11.6 Å². The van der Waals surface area contributed by atoms with Gasteiger partial charge >= 0.3 is 12.8 Å². The monoisotopic (exact) mass is 445 g/mol. The number of carbonyl (C=O) groups excluding carboxylic acids is 1. The molecule has 2 aromatic carbocycles. The minimum absolute atomic E-state index is 0.108.